The Kier molecular flexibility index (Phi) is 5.83. The van der Waals surface area contributed by atoms with E-state index in [1.807, 2.05) is 19.2 Å². The first-order valence-corrected chi connectivity index (χ1v) is 7.36. The first-order valence-electron chi connectivity index (χ1n) is 7.36. The minimum atomic E-state index is 0.312. The average molecular weight is 278 g/mol. The summed E-state index contributed by atoms with van der Waals surface area (Å²) >= 11 is 0. The Morgan fingerprint density at radius 2 is 2.15 bits per heavy atom. The lowest BCUT2D eigenvalue weighted by Crippen LogP contribution is -2.50. The molecule has 0 radical (unpaired) electrons. The maximum Gasteiger partial charge on any atom is 0.118 e. The number of morpholine rings is 1. The summed E-state index contributed by atoms with van der Waals surface area (Å²) in [6, 6.07) is 8.91. The van der Waals surface area contributed by atoms with Crippen LogP contribution < -0.4 is 10.1 Å². The number of nitrogens with one attached hydrogen (secondary N) is 1. The van der Waals surface area contributed by atoms with Crippen LogP contribution in [0.3, 0.4) is 0 Å². The van der Waals surface area contributed by atoms with E-state index in [4.69, 9.17) is 9.47 Å². The highest BCUT2D eigenvalue weighted by molar-refractivity contribution is 5.27. The molecular formula is C16H26N2O2. The Hall–Kier alpha value is -1.10. The van der Waals surface area contributed by atoms with Crippen molar-refractivity contribution >= 4 is 0 Å². The van der Waals surface area contributed by atoms with Gasteiger partial charge < -0.3 is 14.8 Å². The molecule has 0 amide bonds. The van der Waals surface area contributed by atoms with Crippen LogP contribution in [0.2, 0.25) is 0 Å². The van der Waals surface area contributed by atoms with Crippen LogP contribution in [0.5, 0.6) is 5.75 Å². The lowest BCUT2D eigenvalue weighted by Gasteiger charge is -2.37. The van der Waals surface area contributed by atoms with Gasteiger partial charge in [0.05, 0.1) is 19.8 Å². The number of ether oxygens (including phenoxy) is 2. The van der Waals surface area contributed by atoms with E-state index in [2.05, 4.69) is 29.3 Å². The molecule has 1 aromatic rings. The largest absolute Gasteiger partial charge is 0.497 e. The van der Waals surface area contributed by atoms with E-state index in [1.54, 1.807) is 7.11 Å². The zero-order chi connectivity index (χ0) is 14.4. The molecule has 4 nitrogen and oxygen atoms in total. The molecule has 0 aliphatic carbocycles. The number of hydrogen-bond acceptors (Lipinski definition) is 4. The third-order valence-electron chi connectivity index (χ3n) is 3.92. The highest BCUT2D eigenvalue weighted by Crippen LogP contribution is 2.16. The molecule has 0 spiro atoms. The van der Waals surface area contributed by atoms with Crippen LogP contribution in [0.4, 0.5) is 0 Å². The fourth-order valence-electron chi connectivity index (χ4n) is 2.73. The van der Waals surface area contributed by atoms with Gasteiger partial charge in [-0.1, -0.05) is 12.1 Å². The monoisotopic (exact) mass is 278 g/mol. The summed E-state index contributed by atoms with van der Waals surface area (Å²) in [5, 5.41) is 3.19. The molecule has 1 fully saturated rings. The van der Waals surface area contributed by atoms with Crippen molar-refractivity contribution in [3.8, 4) is 5.75 Å². The van der Waals surface area contributed by atoms with E-state index in [0.717, 1.165) is 38.4 Å². The number of benzene rings is 1. The van der Waals surface area contributed by atoms with E-state index < -0.39 is 0 Å². The van der Waals surface area contributed by atoms with Crippen LogP contribution in [0, 0.1) is 0 Å². The summed E-state index contributed by atoms with van der Waals surface area (Å²) in [4.78, 5) is 2.52. The van der Waals surface area contributed by atoms with Gasteiger partial charge in [0.2, 0.25) is 0 Å². The molecule has 2 atom stereocenters. The minimum absolute atomic E-state index is 0.312. The Bertz CT molecular complexity index is 392. The van der Waals surface area contributed by atoms with Gasteiger partial charge in [-0.15, -0.1) is 0 Å². The second-order valence-electron chi connectivity index (χ2n) is 5.45. The first-order chi connectivity index (χ1) is 9.72. The second-order valence-corrected chi connectivity index (χ2v) is 5.45. The molecule has 2 unspecified atom stereocenters. The van der Waals surface area contributed by atoms with Gasteiger partial charge in [0, 0.05) is 25.7 Å². The minimum Gasteiger partial charge on any atom is -0.497 e. The van der Waals surface area contributed by atoms with Gasteiger partial charge in [0.25, 0.3) is 0 Å². The second kappa shape index (κ2) is 7.62. The zero-order valence-electron chi connectivity index (χ0n) is 12.8. The smallest absolute Gasteiger partial charge is 0.118 e. The number of likely N-dealkylation sites (N-methyl/N-ethyl adjacent to an activating group) is 1. The van der Waals surface area contributed by atoms with Gasteiger partial charge in [-0.05, 0) is 38.1 Å². The van der Waals surface area contributed by atoms with E-state index in [-0.39, 0.29) is 0 Å². The Balaban J connectivity index is 1.88. The lowest BCUT2D eigenvalue weighted by atomic mass is 10.0. The summed E-state index contributed by atoms with van der Waals surface area (Å²) < 4.78 is 11.0. The first kappa shape index (κ1) is 15.3. The molecule has 0 saturated carbocycles. The van der Waals surface area contributed by atoms with Crippen molar-refractivity contribution in [2.24, 2.45) is 0 Å². The summed E-state index contributed by atoms with van der Waals surface area (Å²) in [7, 11) is 3.68. The van der Waals surface area contributed by atoms with E-state index in [9.17, 15) is 0 Å². The maximum absolute atomic E-state index is 5.76. The van der Waals surface area contributed by atoms with E-state index in [1.165, 1.54) is 5.56 Å². The topological polar surface area (TPSA) is 33.7 Å². The quantitative estimate of drug-likeness (QED) is 0.856. The molecular weight excluding hydrogens is 252 g/mol. The molecule has 0 aromatic heterocycles. The van der Waals surface area contributed by atoms with Crippen LogP contribution in [0.1, 0.15) is 12.5 Å². The van der Waals surface area contributed by atoms with Crippen molar-refractivity contribution < 1.29 is 9.47 Å². The number of hydrogen-bond donors (Lipinski definition) is 1. The standard InChI is InChI=1S/C16H26N2O2/c1-13(10-14-4-6-15(19-3)7-5-14)18-8-9-20-16(12-18)11-17-2/h4-7,13,16-17H,8-12H2,1-3H3. The van der Waals surface area contributed by atoms with Crippen molar-refractivity contribution in [2.45, 2.75) is 25.5 Å². The fraction of sp³-hybridized carbons (Fsp3) is 0.625. The van der Waals surface area contributed by atoms with Crippen molar-refractivity contribution in [1.29, 1.82) is 0 Å². The van der Waals surface area contributed by atoms with Crippen molar-refractivity contribution in [3.05, 3.63) is 29.8 Å². The Morgan fingerprint density at radius 3 is 2.80 bits per heavy atom. The summed E-state index contributed by atoms with van der Waals surface area (Å²) in [5.74, 6) is 0.918. The molecule has 112 valence electrons. The SMILES string of the molecule is CNCC1CN(C(C)Cc2ccc(OC)cc2)CCO1. The van der Waals surface area contributed by atoms with Gasteiger partial charge in [-0.2, -0.15) is 0 Å². The average Bonchev–Trinajstić information content (AvgIpc) is 2.48. The van der Waals surface area contributed by atoms with Crippen LogP contribution in [0.15, 0.2) is 24.3 Å². The molecule has 1 aliphatic heterocycles. The lowest BCUT2D eigenvalue weighted by molar-refractivity contribution is -0.0386. The van der Waals surface area contributed by atoms with Crippen LogP contribution in [-0.4, -0.2) is 57.4 Å². The maximum atomic E-state index is 5.76. The molecule has 4 heteroatoms. The normalized spacial score (nSPS) is 21.6. The summed E-state index contributed by atoms with van der Waals surface area (Å²) in [6.45, 7) is 6.09. The molecule has 1 saturated heterocycles. The predicted molar refractivity (Wildman–Crippen MR) is 81.4 cm³/mol. The number of rotatable bonds is 6. The molecule has 2 rings (SSSR count). The Morgan fingerprint density at radius 1 is 1.40 bits per heavy atom. The molecule has 1 heterocycles. The molecule has 20 heavy (non-hydrogen) atoms. The van der Waals surface area contributed by atoms with Crippen LogP contribution >= 0.6 is 0 Å². The molecule has 0 bridgehead atoms. The third-order valence-corrected chi connectivity index (χ3v) is 3.92. The Labute approximate surface area is 122 Å². The molecule has 1 N–H and O–H groups in total. The third kappa shape index (κ3) is 4.20. The van der Waals surface area contributed by atoms with Gasteiger partial charge in [-0.25, -0.2) is 0 Å². The van der Waals surface area contributed by atoms with Gasteiger partial charge >= 0.3 is 0 Å². The zero-order valence-corrected chi connectivity index (χ0v) is 12.8. The van der Waals surface area contributed by atoms with E-state index in [0.29, 0.717) is 12.1 Å². The van der Waals surface area contributed by atoms with Crippen molar-refractivity contribution in [1.82, 2.24) is 10.2 Å². The molecule has 1 aliphatic rings. The van der Waals surface area contributed by atoms with E-state index >= 15 is 0 Å². The van der Waals surface area contributed by atoms with Gasteiger partial charge in [0.15, 0.2) is 0 Å². The summed E-state index contributed by atoms with van der Waals surface area (Å²) in [5.41, 5.74) is 1.36. The fourth-order valence-corrected chi connectivity index (χ4v) is 2.73. The van der Waals surface area contributed by atoms with Crippen molar-refractivity contribution in [2.75, 3.05) is 40.4 Å². The van der Waals surface area contributed by atoms with Crippen LogP contribution in [-0.2, 0) is 11.2 Å². The van der Waals surface area contributed by atoms with Crippen LogP contribution in [0.25, 0.3) is 0 Å². The molecule has 1 aromatic carbocycles. The highest BCUT2D eigenvalue weighted by atomic mass is 16.5. The number of methoxy groups -OCH3 is 1. The van der Waals surface area contributed by atoms with Gasteiger partial charge in [0.1, 0.15) is 5.75 Å². The van der Waals surface area contributed by atoms with Gasteiger partial charge in [-0.3, -0.25) is 4.90 Å². The van der Waals surface area contributed by atoms with Crippen molar-refractivity contribution in [3.63, 3.8) is 0 Å². The number of nitrogens with zero attached hydrogens (tertiary/aromatic N) is 1. The predicted octanol–water partition coefficient (Wildman–Crippen LogP) is 1.55. The summed E-state index contributed by atoms with van der Waals surface area (Å²) in [6.07, 6.45) is 1.38. The highest BCUT2D eigenvalue weighted by Gasteiger charge is 2.23.